The van der Waals surface area contributed by atoms with E-state index in [4.69, 9.17) is 4.74 Å². The van der Waals surface area contributed by atoms with Crippen molar-refractivity contribution < 1.29 is 35.3 Å². The van der Waals surface area contributed by atoms with E-state index >= 15 is 0 Å². The third-order valence-corrected chi connectivity index (χ3v) is 4.33. The molecule has 10 heteroatoms. The largest absolute Gasteiger partial charge is 0.534 e. The van der Waals surface area contributed by atoms with Gasteiger partial charge in [0.2, 0.25) is 0 Å². The molecule has 0 atom stereocenters. The predicted octanol–water partition coefficient (Wildman–Crippen LogP) is 1.35. The summed E-state index contributed by atoms with van der Waals surface area (Å²) in [5.41, 5.74) is -5.75. The molecule has 0 aliphatic carbocycles. The van der Waals surface area contributed by atoms with Gasteiger partial charge in [-0.05, 0) is 19.8 Å². The van der Waals surface area contributed by atoms with Crippen molar-refractivity contribution in [2.45, 2.75) is 25.3 Å². The van der Waals surface area contributed by atoms with E-state index in [0.29, 0.717) is 25.9 Å². The number of hydrogen-bond acceptors (Lipinski definition) is 6. The van der Waals surface area contributed by atoms with Gasteiger partial charge in [0.05, 0.1) is 6.61 Å². The van der Waals surface area contributed by atoms with E-state index in [2.05, 4.69) is 4.18 Å². The first kappa shape index (κ1) is 15.9. The second-order valence-corrected chi connectivity index (χ2v) is 6.22. The molecular formula is C11H14F3NO5S. The minimum Gasteiger partial charge on any atom is -0.461 e. The number of carbonyl (C=O) groups excluding carboxylic acids is 1. The molecule has 0 saturated carbocycles. The zero-order chi connectivity index (χ0) is 15.8. The summed E-state index contributed by atoms with van der Waals surface area (Å²) in [6, 6.07) is 0. The molecule has 6 nitrogen and oxygen atoms in total. The summed E-state index contributed by atoms with van der Waals surface area (Å²) < 4.78 is 68.7. The van der Waals surface area contributed by atoms with Crippen LogP contribution in [0.1, 0.15) is 19.8 Å². The second-order valence-electron chi connectivity index (χ2n) is 4.68. The maximum atomic E-state index is 12.4. The topological polar surface area (TPSA) is 72.9 Å². The van der Waals surface area contributed by atoms with Crippen LogP contribution in [-0.2, 0) is 23.8 Å². The molecule has 0 amide bonds. The van der Waals surface area contributed by atoms with Crippen molar-refractivity contribution in [3.05, 3.63) is 11.5 Å². The van der Waals surface area contributed by atoms with Gasteiger partial charge in [-0.3, -0.25) is 0 Å². The van der Waals surface area contributed by atoms with Crippen molar-refractivity contribution in [3.63, 3.8) is 0 Å². The first-order valence-corrected chi connectivity index (χ1v) is 7.75. The molecule has 1 saturated heterocycles. The molecular weight excluding hydrogens is 315 g/mol. The highest BCUT2D eigenvalue weighted by Crippen LogP contribution is 2.39. The van der Waals surface area contributed by atoms with Crippen LogP contribution in [0, 0.1) is 5.92 Å². The van der Waals surface area contributed by atoms with Gasteiger partial charge < -0.3 is 13.8 Å². The van der Waals surface area contributed by atoms with E-state index in [1.807, 2.05) is 0 Å². The van der Waals surface area contributed by atoms with Gasteiger partial charge in [0.25, 0.3) is 0 Å². The van der Waals surface area contributed by atoms with Gasteiger partial charge in [-0.25, -0.2) is 4.79 Å². The average Bonchev–Trinajstić information content (AvgIpc) is 2.38. The Balaban J connectivity index is 2.40. The minimum atomic E-state index is -5.79. The Kier molecular flexibility index (Phi) is 4.09. The summed E-state index contributed by atoms with van der Waals surface area (Å²) in [6.45, 7) is 2.48. The molecule has 0 aromatic rings. The molecule has 0 spiro atoms. The molecule has 21 heavy (non-hydrogen) atoms. The lowest BCUT2D eigenvalue weighted by Crippen LogP contribution is -2.45. The zero-order valence-electron chi connectivity index (χ0n) is 11.1. The lowest BCUT2D eigenvalue weighted by Gasteiger charge is -2.41. The van der Waals surface area contributed by atoms with E-state index in [1.165, 1.54) is 4.90 Å². The van der Waals surface area contributed by atoms with Crippen molar-refractivity contribution in [2.75, 3.05) is 19.7 Å². The number of carbonyl (C=O) groups is 1. The van der Waals surface area contributed by atoms with Gasteiger partial charge in [0.1, 0.15) is 0 Å². The van der Waals surface area contributed by atoms with Gasteiger partial charge in [0.15, 0.2) is 11.5 Å². The summed E-state index contributed by atoms with van der Waals surface area (Å²) in [5, 5.41) is 0. The molecule has 2 bridgehead atoms. The number of esters is 1. The maximum absolute atomic E-state index is 12.4. The third kappa shape index (κ3) is 2.94. The van der Waals surface area contributed by atoms with Gasteiger partial charge in [-0.2, -0.15) is 21.6 Å². The molecule has 0 unspecified atom stereocenters. The van der Waals surface area contributed by atoms with Crippen molar-refractivity contribution in [3.8, 4) is 0 Å². The van der Waals surface area contributed by atoms with Crippen LogP contribution in [0.5, 0.6) is 0 Å². The van der Waals surface area contributed by atoms with Crippen LogP contribution < -0.4 is 0 Å². The maximum Gasteiger partial charge on any atom is 0.534 e. The third-order valence-electron chi connectivity index (χ3n) is 3.37. The van der Waals surface area contributed by atoms with Crippen LogP contribution in [0.15, 0.2) is 11.5 Å². The Labute approximate surface area is 119 Å². The van der Waals surface area contributed by atoms with Gasteiger partial charge >= 0.3 is 21.6 Å². The quantitative estimate of drug-likeness (QED) is 0.440. The summed E-state index contributed by atoms with van der Waals surface area (Å²) in [7, 11) is -5.79. The number of rotatable bonds is 4. The summed E-state index contributed by atoms with van der Waals surface area (Å²) in [6.07, 6.45) is 0.872. The van der Waals surface area contributed by atoms with Gasteiger partial charge in [0, 0.05) is 19.0 Å². The average molecular weight is 329 g/mol. The predicted molar refractivity (Wildman–Crippen MR) is 64.0 cm³/mol. The molecule has 3 aliphatic heterocycles. The molecule has 3 rings (SSSR count). The number of alkyl halides is 3. The summed E-state index contributed by atoms with van der Waals surface area (Å²) in [5.74, 6) is -1.84. The number of nitrogens with zero attached hydrogens (tertiary/aromatic N) is 1. The van der Waals surface area contributed by atoms with Crippen LogP contribution in [0.3, 0.4) is 0 Å². The monoisotopic (exact) mass is 329 g/mol. The molecule has 1 fully saturated rings. The fourth-order valence-electron chi connectivity index (χ4n) is 2.42. The Morgan fingerprint density at radius 3 is 2.38 bits per heavy atom. The molecule has 120 valence electrons. The molecule has 0 aromatic carbocycles. The number of piperidine rings is 1. The van der Waals surface area contributed by atoms with E-state index in [-0.39, 0.29) is 12.3 Å². The number of allylic oxidation sites excluding steroid dienone is 1. The van der Waals surface area contributed by atoms with Crippen LogP contribution in [0.4, 0.5) is 13.2 Å². The Morgan fingerprint density at radius 2 is 1.90 bits per heavy atom. The fourth-order valence-corrected chi connectivity index (χ4v) is 2.96. The van der Waals surface area contributed by atoms with Crippen molar-refractivity contribution >= 4 is 16.1 Å². The minimum absolute atomic E-state index is 0.0279. The van der Waals surface area contributed by atoms with Crippen molar-refractivity contribution in [2.24, 2.45) is 5.92 Å². The van der Waals surface area contributed by atoms with Crippen molar-refractivity contribution in [1.82, 2.24) is 4.90 Å². The Bertz CT molecular complexity index is 561. The number of halogens is 3. The lowest BCUT2D eigenvalue weighted by molar-refractivity contribution is -0.141. The van der Waals surface area contributed by atoms with Crippen molar-refractivity contribution in [1.29, 1.82) is 0 Å². The Morgan fingerprint density at radius 1 is 1.33 bits per heavy atom. The summed E-state index contributed by atoms with van der Waals surface area (Å²) in [4.78, 5) is 13.4. The number of fused-ring (bicyclic) bond motifs is 2. The number of hydrogen-bond donors (Lipinski definition) is 0. The smallest absolute Gasteiger partial charge is 0.461 e. The zero-order valence-corrected chi connectivity index (χ0v) is 12.0. The molecule has 0 aromatic heterocycles. The van der Waals surface area contributed by atoms with Gasteiger partial charge in [-0.1, -0.05) is 0 Å². The van der Waals surface area contributed by atoms with E-state index in [0.717, 1.165) is 0 Å². The molecule has 0 N–H and O–H groups in total. The van der Waals surface area contributed by atoms with Gasteiger partial charge in [-0.15, -0.1) is 0 Å². The first-order valence-electron chi connectivity index (χ1n) is 6.34. The van der Waals surface area contributed by atoms with Crippen LogP contribution in [0.25, 0.3) is 0 Å². The van der Waals surface area contributed by atoms with E-state index in [9.17, 15) is 26.4 Å². The number of ether oxygens (including phenoxy) is 1. The highest BCUT2D eigenvalue weighted by atomic mass is 32.2. The van der Waals surface area contributed by atoms with E-state index < -0.39 is 33.3 Å². The highest BCUT2D eigenvalue weighted by Gasteiger charge is 2.51. The van der Waals surface area contributed by atoms with E-state index in [1.54, 1.807) is 6.92 Å². The highest BCUT2D eigenvalue weighted by molar-refractivity contribution is 7.87. The second kappa shape index (κ2) is 5.39. The van der Waals surface area contributed by atoms with Crippen LogP contribution in [-0.4, -0.2) is 44.5 Å². The fraction of sp³-hybridized carbons (Fsp3) is 0.727. The Hall–Kier alpha value is -1.45. The standard InChI is InChI=1S/C11H14F3NO5S/c1-2-19-10(16)8-9(7-3-5-15(8)6-4-7)20-21(17,18)11(12,13)14/h7H,2-6H2,1H3. The summed E-state index contributed by atoms with van der Waals surface area (Å²) >= 11 is 0. The molecule has 0 radical (unpaired) electrons. The normalized spacial score (nSPS) is 19.9. The SMILES string of the molecule is CCOC(=O)C1=C(OS(=O)(=O)C(F)(F)F)C2CCN1CC2. The molecule has 3 heterocycles. The van der Waals surface area contributed by atoms with Crippen LogP contribution in [0.2, 0.25) is 0 Å². The lowest BCUT2D eigenvalue weighted by atomic mass is 9.88. The van der Waals surface area contributed by atoms with Crippen LogP contribution >= 0.6 is 0 Å². The first-order chi connectivity index (χ1) is 9.67. The molecule has 3 aliphatic rings.